The minimum atomic E-state index is -0.897. The topological polar surface area (TPSA) is 64.4 Å². The number of hydrogen-bond donors (Lipinski definition) is 1. The van der Waals surface area contributed by atoms with Crippen molar-refractivity contribution in [1.29, 1.82) is 0 Å². The Kier molecular flexibility index (Phi) is 6.82. The van der Waals surface area contributed by atoms with E-state index in [1.807, 2.05) is 12.1 Å². The normalized spacial score (nSPS) is 18.7. The van der Waals surface area contributed by atoms with Gasteiger partial charge in [0, 0.05) is 23.4 Å². The number of benzene rings is 2. The summed E-state index contributed by atoms with van der Waals surface area (Å²) in [5, 5.41) is 13.8. The van der Waals surface area contributed by atoms with Gasteiger partial charge in [0.1, 0.15) is 12.3 Å². The average Bonchev–Trinajstić information content (AvgIpc) is 3.12. The van der Waals surface area contributed by atoms with E-state index in [0.717, 1.165) is 43.5 Å². The maximum absolute atomic E-state index is 10.6. The van der Waals surface area contributed by atoms with E-state index in [1.165, 1.54) is 16.8 Å². The molecule has 1 heterocycles. The zero-order chi connectivity index (χ0) is 21.6. The van der Waals surface area contributed by atoms with Crippen molar-refractivity contribution in [3.63, 3.8) is 0 Å². The number of carboxylic acids is 1. The van der Waals surface area contributed by atoms with E-state index in [-0.39, 0.29) is 6.61 Å². The maximum Gasteiger partial charge on any atom is 0.329 e. The van der Waals surface area contributed by atoms with Crippen LogP contribution in [0.1, 0.15) is 31.4 Å². The largest absolute Gasteiger partial charge is 0.480 e. The fourth-order valence-electron chi connectivity index (χ4n) is 4.61. The van der Waals surface area contributed by atoms with Gasteiger partial charge in [0.25, 0.3) is 0 Å². The second kappa shape index (κ2) is 9.92. The Hall–Kier alpha value is -2.92. The van der Waals surface area contributed by atoms with Crippen LogP contribution in [0.25, 0.3) is 22.4 Å². The summed E-state index contributed by atoms with van der Waals surface area (Å²) >= 11 is 0. The summed E-state index contributed by atoms with van der Waals surface area (Å²) < 4.78 is 7.50. The third-order valence-corrected chi connectivity index (χ3v) is 6.29. The average molecular weight is 419 g/mol. The maximum atomic E-state index is 10.6. The smallest absolute Gasteiger partial charge is 0.329 e. The van der Waals surface area contributed by atoms with Crippen LogP contribution in [0.3, 0.4) is 0 Å². The molecule has 1 aromatic heterocycles. The number of nitrogens with zero attached hydrogens (tertiary/aromatic N) is 2. The molecule has 1 fully saturated rings. The molecule has 0 atom stereocenters. The Morgan fingerprint density at radius 1 is 0.968 bits per heavy atom. The van der Waals surface area contributed by atoms with Gasteiger partial charge in [-0.25, -0.2) is 4.79 Å². The SMILES string of the molecule is Cc1c(-c2ccccc2)c(-c2ccccc2)nn1C[C@H]1CC[C@@H](COCC(=O)O)CC1. The number of carbonyl (C=O) groups is 1. The van der Waals surface area contributed by atoms with Crippen molar-refractivity contribution in [3.05, 3.63) is 66.4 Å². The summed E-state index contributed by atoms with van der Waals surface area (Å²) in [7, 11) is 0. The molecule has 162 valence electrons. The number of aromatic nitrogens is 2. The number of aliphatic carboxylic acids is 1. The van der Waals surface area contributed by atoms with Crippen molar-refractivity contribution in [2.45, 2.75) is 39.2 Å². The quantitative estimate of drug-likeness (QED) is 0.529. The lowest BCUT2D eigenvalue weighted by atomic mass is 9.82. The predicted molar refractivity (Wildman–Crippen MR) is 122 cm³/mol. The molecule has 4 rings (SSSR count). The molecule has 1 N–H and O–H groups in total. The monoisotopic (exact) mass is 418 g/mol. The van der Waals surface area contributed by atoms with Crippen LogP contribution in [0.5, 0.6) is 0 Å². The summed E-state index contributed by atoms with van der Waals surface area (Å²) in [6.07, 6.45) is 4.42. The van der Waals surface area contributed by atoms with Crippen molar-refractivity contribution in [2.24, 2.45) is 11.8 Å². The van der Waals surface area contributed by atoms with Gasteiger partial charge in [-0.2, -0.15) is 5.10 Å². The van der Waals surface area contributed by atoms with Crippen LogP contribution in [-0.2, 0) is 16.1 Å². The fraction of sp³-hybridized carbons (Fsp3) is 0.385. The van der Waals surface area contributed by atoms with Crippen LogP contribution >= 0.6 is 0 Å². The molecule has 5 heteroatoms. The van der Waals surface area contributed by atoms with Crippen molar-refractivity contribution in [1.82, 2.24) is 9.78 Å². The van der Waals surface area contributed by atoms with E-state index in [4.69, 9.17) is 14.9 Å². The first-order valence-corrected chi connectivity index (χ1v) is 11.1. The highest BCUT2D eigenvalue weighted by molar-refractivity contribution is 5.82. The highest BCUT2D eigenvalue weighted by Crippen LogP contribution is 2.36. The highest BCUT2D eigenvalue weighted by Gasteiger charge is 2.24. The van der Waals surface area contributed by atoms with Crippen LogP contribution in [0.4, 0.5) is 0 Å². The molecule has 1 aliphatic carbocycles. The molecule has 3 aromatic rings. The summed E-state index contributed by atoms with van der Waals surface area (Å²) in [4.78, 5) is 10.6. The zero-order valence-electron chi connectivity index (χ0n) is 18.0. The second-order valence-electron chi connectivity index (χ2n) is 8.52. The van der Waals surface area contributed by atoms with E-state index in [9.17, 15) is 4.79 Å². The molecular weight excluding hydrogens is 388 g/mol. The van der Waals surface area contributed by atoms with Crippen LogP contribution in [0.2, 0.25) is 0 Å². The second-order valence-corrected chi connectivity index (χ2v) is 8.52. The van der Waals surface area contributed by atoms with Crippen molar-refractivity contribution < 1.29 is 14.6 Å². The van der Waals surface area contributed by atoms with Gasteiger partial charge in [0.05, 0.1) is 6.61 Å². The molecule has 2 aromatic carbocycles. The molecule has 0 radical (unpaired) electrons. The first kappa shape index (κ1) is 21.3. The Morgan fingerprint density at radius 2 is 1.55 bits per heavy atom. The third kappa shape index (κ3) is 5.23. The van der Waals surface area contributed by atoms with Gasteiger partial charge in [-0.1, -0.05) is 60.7 Å². The summed E-state index contributed by atoms with van der Waals surface area (Å²) in [6.45, 7) is 3.45. The molecule has 0 unspecified atom stereocenters. The van der Waals surface area contributed by atoms with Crippen LogP contribution in [-0.4, -0.2) is 34.1 Å². The van der Waals surface area contributed by atoms with Gasteiger partial charge >= 0.3 is 5.97 Å². The number of ether oxygens (including phenoxy) is 1. The number of rotatable bonds is 8. The predicted octanol–water partition coefficient (Wildman–Crippen LogP) is 5.43. The molecule has 0 spiro atoms. The van der Waals surface area contributed by atoms with Gasteiger partial charge in [-0.15, -0.1) is 0 Å². The summed E-state index contributed by atoms with van der Waals surface area (Å²) in [5.74, 6) is 0.155. The lowest BCUT2D eigenvalue weighted by molar-refractivity contribution is -0.142. The zero-order valence-corrected chi connectivity index (χ0v) is 18.0. The van der Waals surface area contributed by atoms with Crippen molar-refractivity contribution in [2.75, 3.05) is 13.2 Å². The minimum Gasteiger partial charge on any atom is -0.480 e. The Labute approximate surface area is 183 Å². The summed E-state index contributed by atoms with van der Waals surface area (Å²) in [6, 6.07) is 20.9. The highest BCUT2D eigenvalue weighted by atomic mass is 16.5. The van der Waals surface area contributed by atoms with E-state index in [1.54, 1.807) is 0 Å². The van der Waals surface area contributed by atoms with Gasteiger partial charge in [-0.05, 0) is 50.0 Å². The number of carboxylic acid groups (broad SMARTS) is 1. The van der Waals surface area contributed by atoms with E-state index in [0.29, 0.717) is 18.4 Å². The Balaban J connectivity index is 1.50. The van der Waals surface area contributed by atoms with E-state index in [2.05, 4.69) is 60.1 Å². The molecular formula is C26H30N2O3. The third-order valence-electron chi connectivity index (χ3n) is 6.29. The molecule has 0 amide bonds. The first-order valence-electron chi connectivity index (χ1n) is 11.1. The van der Waals surface area contributed by atoms with E-state index >= 15 is 0 Å². The molecule has 1 aliphatic rings. The molecule has 0 aliphatic heterocycles. The number of hydrogen-bond acceptors (Lipinski definition) is 3. The molecule has 5 nitrogen and oxygen atoms in total. The fourth-order valence-corrected chi connectivity index (χ4v) is 4.61. The van der Waals surface area contributed by atoms with Crippen LogP contribution < -0.4 is 0 Å². The van der Waals surface area contributed by atoms with Crippen molar-refractivity contribution in [3.8, 4) is 22.4 Å². The standard InChI is InChI=1S/C26H30N2O3/c1-19-25(22-8-4-2-5-9-22)26(23-10-6-3-7-11-23)27-28(19)16-20-12-14-21(15-13-20)17-31-18-24(29)30/h2-11,20-21H,12-18H2,1H3,(H,29,30)/t20-,21+. The van der Waals surface area contributed by atoms with Gasteiger partial charge in [0.15, 0.2) is 0 Å². The molecule has 31 heavy (non-hydrogen) atoms. The molecule has 1 saturated carbocycles. The van der Waals surface area contributed by atoms with Gasteiger partial charge < -0.3 is 9.84 Å². The van der Waals surface area contributed by atoms with Gasteiger partial charge in [-0.3, -0.25) is 4.68 Å². The van der Waals surface area contributed by atoms with Gasteiger partial charge in [0.2, 0.25) is 0 Å². The lowest BCUT2D eigenvalue weighted by Crippen LogP contribution is -2.23. The van der Waals surface area contributed by atoms with Crippen LogP contribution in [0.15, 0.2) is 60.7 Å². The van der Waals surface area contributed by atoms with E-state index < -0.39 is 5.97 Å². The van der Waals surface area contributed by atoms with Crippen LogP contribution in [0, 0.1) is 18.8 Å². The molecule has 0 bridgehead atoms. The lowest BCUT2D eigenvalue weighted by Gasteiger charge is -2.28. The Bertz CT molecular complexity index is 990. The minimum absolute atomic E-state index is 0.197. The molecule has 0 saturated heterocycles. The Morgan fingerprint density at radius 3 is 2.16 bits per heavy atom. The summed E-state index contributed by atoms with van der Waals surface area (Å²) in [5.41, 5.74) is 5.80. The first-order chi connectivity index (χ1) is 15.1. The van der Waals surface area contributed by atoms with Crippen molar-refractivity contribution >= 4 is 5.97 Å².